The van der Waals surface area contributed by atoms with Crippen molar-refractivity contribution in [2.24, 2.45) is 11.8 Å². The number of likely N-dealkylation sites (tertiary alicyclic amines) is 1. The molecule has 1 aliphatic carbocycles. The fraction of sp³-hybridized carbons (Fsp3) is 0.560. The van der Waals surface area contributed by atoms with Crippen molar-refractivity contribution in [3.63, 3.8) is 0 Å². The summed E-state index contributed by atoms with van der Waals surface area (Å²) >= 11 is 0. The van der Waals surface area contributed by atoms with Crippen LogP contribution in [0.3, 0.4) is 0 Å². The molecular weight excluding hydrogens is 377 g/mol. The molecule has 2 aliphatic rings. The van der Waals surface area contributed by atoms with Gasteiger partial charge in [-0.2, -0.15) is 0 Å². The molecule has 2 fully saturated rings. The van der Waals surface area contributed by atoms with Crippen LogP contribution < -0.4 is 0 Å². The van der Waals surface area contributed by atoms with E-state index >= 15 is 0 Å². The van der Waals surface area contributed by atoms with Crippen molar-refractivity contribution in [3.8, 4) is 0 Å². The van der Waals surface area contributed by atoms with Crippen molar-refractivity contribution < 1.29 is 9.18 Å². The number of hydrogen-bond donors (Lipinski definition) is 1. The van der Waals surface area contributed by atoms with Crippen molar-refractivity contribution in [1.82, 2.24) is 14.8 Å². The highest BCUT2D eigenvalue weighted by Gasteiger charge is 2.37. The lowest BCUT2D eigenvalue weighted by Crippen LogP contribution is -2.44. The van der Waals surface area contributed by atoms with Gasteiger partial charge in [-0.1, -0.05) is 25.0 Å². The average Bonchev–Trinajstić information content (AvgIpc) is 3.49. The van der Waals surface area contributed by atoms with Crippen LogP contribution in [0.5, 0.6) is 0 Å². The quantitative estimate of drug-likeness (QED) is 0.711. The molecule has 4 nitrogen and oxygen atoms in total. The number of amides is 1. The predicted molar refractivity (Wildman–Crippen MR) is 118 cm³/mol. The van der Waals surface area contributed by atoms with Crippen LogP contribution in [0.4, 0.5) is 4.39 Å². The van der Waals surface area contributed by atoms with Crippen LogP contribution in [0.15, 0.2) is 42.6 Å². The Bertz CT molecular complexity index is 811. The number of H-pyrrole nitrogens is 1. The second kappa shape index (κ2) is 9.34. The molecular formula is C25H34FN3O. The van der Waals surface area contributed by atoms with Gasteiger partial charge in [0.1, 0.15) is 5.82 Å². The highest BCUT2D eigenvalue weighted by Crippen LogP contribution is 2.35. The molecule has 30 heavy (non-hydrogen) atoms. The van der Waals surface area contributed by atoms with Crippen LogP contribution in [0, 0.1) is 17.7 Å². The first-order valence-corrected chi connectivity index (χ1v) is 11.4. The summed E-state index contributed by atoms with van der Waals surface area (Å²) in [4.78, 5) is 21.1. The summed E-state index contributed by atoms with van der Waals surface area (Å²) in [6.07, 6.45) is 6.38. The van der Waals surface area contributed by atoms with E-state index in [9.17, 15) is 9.18 Å². The third-order valence-electron chi connectivity index (χ3n) is 6.91. The van der Waals surface area contributed by atoms with Crippen LogP contribution in [-0.2, 0) is 11.3 Å². The summed E-state index contributed by atoms with van der Waals surface area (Å²) in [5.41, 5.74) is 2.38. The molecule has 0 spiro atoms. The Kier molecular flexibility index (Phi) is 6.57. The molecule has 1 aliphatic heterocycles. The Morgan fingerprint density at radius 2 is 1.90 bits per heavy atom. The van der Waals surface area contributed by atoms with Crippen molar-refractivity contribution in [2.75, 3.05) is 19.6 Å². The lowest BCUT2D eigenvalue weighted by Gasteiger charge is -2.33. The van der Waals surface area contributed by atoms with Gasteiger partial charge in [0.15, 0.2) is 0 Å². The Balaban J connectivity index is 1.53. The molecule has 1 amide bonds. The van der Waals surface area contributed by atoms with Crippen LogP contribution in [-0.4, -0.2) is 46.4 Å². The van der Waals surface area contributed by atoms with E-state index < -0.39 is 0 Å². The summed E-state index contributed by atoms with van der Waals surface area (Å²) in [5, 5.41) is 0. The van der Waals surface area contributed by atoms with Crippen molar-refractivity contribution in [1.29, 1.82) is 0 Å². The zero-order chi connectivity index (χ0) is 21.1. The number of halogens is 1. The molecule has 1 saturated carbocycles. The first-order valence-electron chi connectivity index (χ1n) is 11.4. The number of aromatic amines is 1. The number of hydrogen-bond acceptors (Lipinski definition) is 2. The molecule has 1 aromatic heterocycles. The van der Waals surface area contributed by atoms with Crippen molar-refractivity contribution >= 4 is 5.91 Å². The van der Waals surface area contributed by atoms with E-state index in [0.717, 1.165) is 39.0 Å². The fourth-order valence-corrected chi connectivity index (χ4v) is 5.28. The number of carbonyl (C=O) groups excluding carboxylic acids is 1. The van der Waals surface area contributed by atoms with Crippen LogP contribution in [0.1, 0.15) is 56.7 Å². The smallest absolute Gasteiger partial charge is 0.225 e. The minimum Gasteiger partial charge on any atom is -0.364 e. The third kappa shape index (κ3) is 4.77. The third-order valence-corrected chi connectivity index (χ3v) is 6.91. The fourth-order valence-electron chi connectivity index (χ4n) is 5.28. The van der Waals surface area contributed by atoms with E-state index in [1.807, 2.05) is 24.4 Å². The van der Waals surface area contributed by atoms with E-state index in [1.54, 1.807) is 12.1 Å². The summed E-state index contributed by atoms with van der Waals surface area (Å²) < 4.78 is 13.5. The first kappa shape index (κ1) is 21.1. The second-order valence-corrected chi connectivity index (χ2v) is 9.37. The molecule has 2 unspecified atom stereocenters. The van der Waals surface area contributed by atoms with Crippen LogP contribution >= 0.6 is 0 Å². The standard InChI is InChI=1S/C25H34FN3O/c1-18(2)29(25(30)20-6-3-4-7-20)15-21-14-28(16-23-8-5-13-27-23)17-24(21)19-9-11-22(26)12-10-19/h5,8-13,18,20-21,24,27H,3-4,6-7,14-17H2,1-2H3. The lowest BCUT2D eigenvalue weighted by atomic mass is 9.88. The SMILES string of the molecule is CC(C)N(CC1CN(Cc2ccc[nH]2)CC1c1ccc(F)cc1)C(=O)C1CCCC1. The maximum atomic E-state index is 13.5. The number of carbonyl (C=O) groups is 1. The van der Waals surface area contributed by atoms with Gasteiger partial charge in [-0.05, 0) is 62.4 Å². The number of nitrogens with zero attached hydrogens (tertiary/aromatic N) is 2. The van der Waals surface area contributed by atoms with E-state index in [1.165, 1.54) is 24.1 Å². The van der Waals surface area contributed by atoms with Gasteiger partial charge in [0.05, 0.1) is 0 Å². The van der Waals surface area contributed by atoms with Gasteiger partial charge in [0.25, 0.3) is 0 Å². The summed E-state index contributed by atoms with van der Waals surface area (Å²) in [7, 11) is 0. The van der Waals surface area contributed by atoms with Gasteiger partial charge >= 0.3 is 0 Å². The number of rotatable bonds is 7. The molecule has 0 radical (unpaired) electrons. The molecule has 0 bridgehead atoms. The molecule has 1 aromatic carbocycles. The van der Waals surface area contributed by atoms with E-state index in [0.29, 0.717) is 17.7 Å². The highest BCUT2D eigenvalue weighted by molar-refractivity contribution is 5.79. The highest BCUT2D eigenvalue weighted by atomic mass is 19.1. The van der Waals surface area contributed by atoms with E-state index in [2.05, 4.69) is 34.7 Å². The normalized spacial score (nSPS) is 22.8. The van der Waals surface area contributed by atoms with Crippen molar-refractivity contribution in [2.45, 2.75) is 58.0 Å². The predicted octanol–water partition coefficient (Wildman–Crippen LogP) is 4.80. The largest absolute Gasteiger partial charge is 0.364 e. The summed E-state index contributed by atoms with van der Waals surface area (Å²) in [6, 6.07) is 11.3. The van der Waals surface area contributed by atoms with Crippen LogP contribution in [0.2, 0.25) is 0 Å². The maximum absolute atomic E-state index is 13.5. The molecule has 162 valence electrons. The number of aromatic nitrogens is 1. The molecule has 5 heteroatoms. The first-order chi connectivity index (χ1) is 14.5. The van der Waals surface area contributed by atoms with Crippen LogP contribution in [0.25, 0.3) is 0 Å². The van der Waals surface area contributed by atoms with Gasteiger partial charge in [0, 0.05) is 55.9 Å². The average molecular weight is 412 g/mol. The zero-order valence-electron chi connectivity index (χ0n) is 18.2. The molecule has 2 atom stereocenters. The Morgan fingerprint density at radius 1 is 1.17 bits per heavy atom. The van der Waals surface area contributed by atoms with Crippen molar-refractivity contribution in [3.05, 3.63) is 59.7 Å². The Morgan fingerprint density at radius 3 is 2.53 bits per heavy atom. The molecule has 1 N–H and O–H groups in total. The minimum atomic E-state index is -0.197. The molecule has 4 rings (SSSR count). The van der Waals surface area contributed by atoms with Gasteiger partial charge < -0.3 is 9.88 Å². The lowest BCUT2D eigenvalue weighted by molar-refractivity contribution is -0.137. The Labute approximate surface area is 179 Å². The van der Waals surface area contributed by atoms with Gasteiger partial charge in [0.2, 0.25) is 5.91 Å². The molecule has 2 heterocycles. The molecule has 1 saturated heterocycles. The number of nitrogens with one attached hydrogen (secondary N) is 1. The summed E-state index contributed by atoms with van der Waals surface area (Å²) in [6.45, 7) is 7.79. The Hall–Kier alpha value is -2.14. The second-order valence-electron chi connectivity index (χ2n) is 9.37. The zero-order valence-corrected chi connectivity index (χ0v) is 18.2. The molecule has 2 aromatic rings. The van der Waals surface area contributed by atoms with Gasteiger partial charge in [-0.3, -0.25) is 9.69 Å². The monoisotopic (exact) mass is 411 g/mol. The number of benzene rings is 1. The van der Waals surface area contributed by atoms with E-state index in [4.69, 9.17) is 0 Å². The minimum absolute atomic E-state index is 0.197. The van der Waals surface area contributed by atoms with Gasteiger partial charge in [-0.15, -0.1) is 0 Å². The topological polar surface area (TPSA) is 39.3 Å². The van der Waals surface area contributed by atoms with E-state index in [-0.39, 0.29) is 17.8 Å². The summed E-state index contributed by atoms with van der Waals surface area (Å²) in [5.74, 6) is 0.990. The maximum Gasteiger partial charge on any atom is 0.225 e. The van der Waals surface area contributed by atoms with Gasteiger partial charge in [-0.25, -0.2) is 4.39 Å².